The molecule has 1 aromatic rings. The third-order valence-electron chi connectivity index (χ3n) is 2.95. The van der Waals surface area contributed by atoms with Crippen molar-refractivity contribution in [2.75, 3.05) is 39.8 Å². The first-order chi connectivity index (χ1) is 10.2. The van der Waals surface area contributed by atoms with Crippen LogP contribution in [0, 0.1) is 0 Å². The van der Waals surface area contributed by atoms with Crippen molar-refractivity contribution in [3.05, 3.63) is 23.8 Å². The third-order valence-corrected chi connectivity index (χ3v) is 3.65. The maximum absolute atomic E-state index is 5.30. The standard InChI is InChI=1S/C15H25N3O2S.HI/c1-16-15(17-8-5-9-21-4)18-11-12-6-7-13(19-2)14(10-12)20-3;/h6-7,10H,5,8-9,11H2,1-4H3,(H2,16,17,18);1H. The van der Waals surface area contributed by atoms with E-state index < -0.39 is 0 Å². The Morgan fingerprint density at radius 1 is 1.18 bits per heavy atom. The van der Waals surface area contributed by atoms with Crippen molar-refractivity contribution in [3.63, 3.8) is 0 Å². The Morgan fingerprint density at radius 2 is 1.91 bits per heavy atom. The summed E-state index contributed by atoms with van der Waals surface area (Å²) in [6.07, 6.45) is 3.24. The van der Waals surface area contributed by atoms with Crippen LogP contribution >= 0.6 is 35.7 Å². The Labute approximate surface area is 154 Å². The van der Waals surface area contributed by atoms with Crippen LogP contribution in [0.2, 0.25) is 0 Å². The molecule has 0 atom stereocenters. The van der Waals surface area contributed by atoms with Gasteiger partial charge in [-0.15, -0.1) is 24.0 Å². The van der Waals surface area contributed by atoms with Crippen molar-refractivity contribution in [1.82, 2.24) is 10.6 Å². The predicted octanol–water partition coefficient (Wildman–Crippen LogP) is 2.74. The van der Waals surface area contributed by atoms with Crippen LogP contribution in [0.25, 0.3) is 0 Å². The van der Waals surface area contributed by atoms with Crippen LogP contribution in [0.5, 0.6) is 11.5 Å². The number of guanidine groups is 1. The molecule has 0 amide bonds. The van der Waals surface area contributed by atoms with Crippen molar-refractivity contribution in [1.29, 1.82) is 0 Å². The minimum Gasteiger partial charge on any atom is -0.493 e. The lowest BCUT2D eigenvalue weighted by molar-refractivity contribution is 0.354. The molecule has 0 aromatic heterocycles. The maximum atomic E-state index is 5.30. The molecule has 0 aliphatic carbocycles. The predicted molar refractivity (Wildman–Crippen MR) is 106 cm³/mol. The third kappa shape index (κ3) is 7.44. The Morgan fingerprint density at radius 3 is 2.50 bits per heavy atom. The van der Waals surface area contributed by atoms with E-state index in [1.165, 1.54) is 0 Å². The number of ether oxygens (including phenoxy) is 2. The van der Waals surface area contributed by atoms with Gasteiger partial charge < -0.3 is 20.1 Å². The normalized spacial score (nSPS) is 10.6. The van der Waals surface area contributed by atoms with Crippen molar-refractivity contribution >= 4 is 41.7 Å². The number of hydrogen-bond donors (Lipinski definition) is 2. The van der Waals surface area contributed by atoms with Gasteiger partial charge in [-0.3, -0.25) is 4.99 Å². The zero-order valence-corrected chi connectivity index (χ0v) is 16.8. The highest BCUT2D eigenvalue weighted by Gasteiger charge is 2.05. The summed E-state index contributed by atoms with van der Waals surface area (Å²) in [4.78, 5) is 4.21. The monoisotopic (exact) mass is 439 g/mol. The molecule has 7 heteroatoms. The Kier molecular flexibility index (Phi) is 12.2. The molecule has 1 rings (SSSR count). The van der Waals surface area contributed by atoms with E-state index in [2.05, 4.69) is 21.9 Å². The van der Waals surface area contributed by atoms with Gasteiger partial charge in [-0.25, -0.2) is 0 Å². The number of rotatable bonds is 8. The van der Waals surface area contributed by atoms with Crippen LogP contribution in [-0.4, -0.2) is 45.8 Å². The summed E-state index contributed by atoms with van der Waals surface area (Å²) in [5, 5.41) is 6.58. The maximum Gasteiger partial charge on any atom is 0.191 e. The van der Waals surface area contributed by atoms with Crippen molar-refractivity contribution in [2.45, 2.75) is 13.0 Å². The van der Waals surface area contributed by atoms with Crippen LogP contribution in [0.3, 0.4) is 0 Å². The molecule has 0 unspecified atom stereocenters. The summed E-state index contributed by atoms with van der Waals surface area (Å²) >= 11 is 1.85. The molecule has 0 saturated carbocycles. The quantitative estimate of drug-likeness (QED) is 0.283. The average molecular weight is 439 g/mol. The first kappa shape index (κ1) is 21.2. The van der Waals surface area contributed by atoms with E-state index in [0.29, 0.717) is 6.54 Å². The Hall–Kier alpha value is -0.830. The van der Waals surface area contributed by atoms with Gasteiger partial charge in [0.15, 0.2) is 17.5 Å². The molecule has 0 radical (unpaired) electrons. The lowest BCUT2D eigenvalue weighted by Crippen LogP contribution is -2.37. The molecule has 0 heterocycles. The lowest BCUT2D eigenvalue weighted by atomic mass is 10.2. The van der Waals surface area contributed by atoms with Crippen molar-refractivity contribution in [3.8, 4) is 11.5 Å². The van der Waals surface area contributed by atoms with E-state index >= 15 is 0 Å². The molecule has 22 heavy (non-hydrogen) atoms. The number of hydrogen-bond acceptors (Lipinski definition) is 4. The van der Waals surface area contributed by atoms with E-state index in [4.69, 9.17) is 9.47 Å². The smallest absolute Gasteiger partial charge is 0.191 e. The highest BCUT2D eigenvalue weighted by Crippen LogP contribution is 2.27. The fourth-order valence-electron chi connectivity index (χ4n) is 1.82. The number of methoxy groups -OCH3 is 2. The van der Waals surface area contributed by atoms with E-state index in [9.17, 15) is 0 Å². The molecular formula is C15H26IN3O2S. The van der Waals surface area contributed by atoms with E-state index in [1.807, 2.05) is 30.0 Å². The van der Waals surface area contributed by atoms with Gasteiger partial charge in [0.2, 0.25) is 0 Å². The largest absolute Gasteiger partial charge is 0.493 e. The molecule has 0 bridgehead atoms. The van der Waals surface area contributed by atoms with Crippen LogP contribution in [-0.2, 0) is 6.54 Å². The molecule has 0 aliphatic rings. The second-order valence-electron chi connectivity index (χ2n) is 4.39. The first-order valence-corrected chi connectivity index (χ1v) is 8.29. The van der Waals surface area contributed by atoms with E-state index in [1.54, 1.807) is 21.3 Å². The molecule has 0 aliphatic heterocycles. The number of benzene rings is 1. The fourth-order valence-corrected chi connectivity index (χ4v) is 2.25. The minimum absolute atomic E-state index is 0. The Bertz CT molecular complexity index is 458. The molecule has 1 aromatic carbocycles. The summed E-state index contributed by atoms with van der Waals surface area (Å²) in [5.74, 6) is 3.44. The van der Waals surface area contributed by atoms with Gasteiger partial charge in [-0.2, -0.15) is 11.8 Å². The number of aliphatic imine (C=N–C) groups is 1. The van der Waals surface area contributed by atoms with E-state index in [0.717, 1.165) is 41.7 Å². The fraction of sp³-hybridized carbons (Fsp3) is 0.533. The molecule has 0 fully saturated rings. The Balaban J connectivity index is 0.00000441. The highest BCUT2D eigenvalue weighted by atomic mass is 127. The average Bonchev–Trinajstić information content (AvgIpc) is 2.53. The van der Waals surface area contributed by atoms with Gasteiger partial charge in [0.05, 0.1) is 14.2 Å². The lowest BCUT2D eigenvalue weighted by Gasteiger charge is -2.13. The summed E-state index contributed by atoms with van der Waals surface area (Å²) < 4.78 is 10.5. The zero-order chi connectivity index (χ0) is 15.5. The number of nitrogens with one attached hydrogen (secondary N) is 2. The number of halogens is 1. The molecule has 126 valence electrons. The van der Waals surface area contributed by atoms with Crippen molar-refractivity contribution < 1.29 is 9.47 Å². The van der Waals surface area contributed by atoms with Gasteiger partial charge in [-0.1, -0.05) is 6.07 Å². The van der Waals surface area contributed by atoms with Gasteiger partial charge in [0, 0.05) is 20.1 Å². The zero-order valence-electron chi connectivity index (χ0n) is 13.6. The van der Waals surface area contributed by atoms with Gasteiger partial charge in [0.25, 0.3) is 0 Å². The summed E-state index contributed by atoms with van der Waals surface area (Å²) in [7, 11) is 5.05. The highest BCUT2D eigenvalue weighted by molar-refractivity contribution is 14.0. The number of thioether (sulfide) groups is 1. The molecule has 0 spiro atoms. The second-order valence-corrected chi connectivity index (χ2v) is 5.37. The topological polar surface area (TPSA) is 54.9 Å². The molecule has 2 N–H and O–H groups in total. The van der Waals surface area contributed by atoms with Crippen LogP contribution < -0.4 is 20.1 Å². The SMILES string of the molecule is CN=C(NCCCSC)NCc1ccc(OC)c(OC)c1.I. The summed E-state index contributed by atoms with van der Waals surface area (Å²) in [5.41, 5.74) is 1.11. The van der Waals surface area contributed by atoms with Crippen LogP contribution in [0.15, 0.2) is 23.2 Å². The molecular weight excluding hydrogens is 413 g/mol. The summed E-state index contributed by atoms with van der Waals surface area (Å²) in [6, 6.07) is 5.88. The summed E-state index contributed by atoms with van der Waals surface area (Å²) in [6.45, 7) is 1.61. The van der Waals surface area contributed by atoms with Gasteiger partial charge >= 0.3 is 0 Å². The second kappa shape index (κ2) is 12.7. The van der Waals surface area contributed by atoms with E-state index in [-0.39, 0.29) is 24.0 Å². The van der Waals surface area contributed by atoms with Gasteiger partial charge in [-0.05, 0) is 36.1 Å². The van der Waals surface area contributed by atoms with Crippen LogP contribution in [0.4, 0.5) is 0 Å². The molecule has 0 saturated heterocycles. The van der Waals surface area contributed by atoms with Gasteiger partial charge in [0.1, 0.15) is 0 Å². The number of nitrogens with zero attached hydrogens (tertiary/aromatic N) is 1. The minimum atomic E-state index is 0. The first-order valence-electron chi connectivity index (χ1n) is 6.89. The molecule has 5 nitrogen and oxygen atoms in total. The van der Waals surface area contributed by atoms with Crippen molar-refractivity contribution in [2.24, 2.45) is 4.99 Å². The van der Waals surface area contributed by atoms with Crippen LogP contribution in [0.1, 0.15) is 12.0 Å².